The number of hydrogen-bond donors (Lipinski definition) is 1. The van der Waals surface area contributed by atoms with Crippen molar-refractivity contribution >= 4 is 22.5 Å². The number of rotatable bonds is 10. The van der Waals surface area contributed by atoms with E-state index >= 15 is 0 Å². The first-order chi connectivity index (χ1) is 7.60. The van der Waals surface area contributed by atoms with Crippen molar-refractivity contribution in [2.75, 3.05) is 0 Å². The van der Waals surface area contributed by atoms with Gasteiger partial charge < -0.3 is 0 Å². The second-order valence-electron chi connectivity index (χ2n) is 5.01. The molecule has 0 aromatic rings. The van der Waals surface area contributed by atoms with Crippen LogP contribution >= 0.6 is 0 Å². The van der Waals surface area contributed by atoms with Crippen molar-refractivity contribution in [1.29, 1.82) is 0 Å². The first kappa shape index (κ1) is 16.8. The number of unbranched alkanes of at least 4 members (excludes halogenated alkanes) is 3. The SMILES string of the molecule is CCCC[CH]([Sn])C(O)(CCCC)CCCC. The minimum absolute atomic E-state index is 0.348. The molecule has 0 bridgehead atoms. The first-order valence-corrected chi connectivity index (χ1v) is 8.69. The molecule has 0 saturated carbocycles. The van der Waals surface area contributed by atoms with E-state index in [9.17, 15) is 5.11 Å². The molecule has 0 aromatic heterocycles. The van der Waals surface area contributed by atoms with Gasteiger partial charge in [0.15, 0.2) is 0 Å². The Labute approximate surface area is 115 Å². The summed E-state index contributed by atoms with van der Waals surface area (Å²) in [5.74, 6) is 0. The van der Waals surface area contributed by atoms with Gasteiger partial charge in [0, 0.05) is 0 Å². The molecule has 0 aliphatic heterocycles. The standard InChI is InChI=1S/C14H29O.Sn/c1-4-7-10-13-14(15,11-8-5-2)12-9-6-3;/h13,15H,4-12H2,1-3H3;. The molecular weight excluding hydrogens is 303 g/mol. The summed E-state index contributed by atoms with van der Waals surface area (Å²) >= 11 is 1.53. The summed E-state index contributed by atoms with van der Waals surface area (Å²) < 4.78 is 0.553. The van der Waals surface area contributed by atoms with Crippen LogP contribution in [0.3, 0.4) is 0 Å². The van der Waals surface area contributed by atoms with Gasteiger partial charge in [-0.2, -0.15) is 0 Å². The Kier molecular flexibility index (Phi) is 10.2. The molecule has 0 rings (SSSR count). The second-order valence-corrected chi connectivity index (χ2v) is 6.99. The van der Waals surface area contributed by atoms with Gasteiger partial charge in [-0.15, -0.1) is 0 Å². The Morgan fingerprint density at radius 2 is 1.38 bits per heavy atom. The Bertz CT molecular complexity index is 151. The van der Waals surface area contributed by atoms with Crippen molar-refractivity contribution < 1.29 is 5.11 Å². The summed E-state index contributed by atoms with van der Waals surface area (Å²) in [6.07, 6.45) is 10.5. The van der Waals surface area contributed by atoms with Gasteiger partial charge in [-0.1, -0.05) is 0 Å². The zero-order chi connectivity index (χ0) is 12.4. The third-order valence-electron chi connectivity index (χ3n) is 3.42. The molecular formula is C14H29OSn. The fourth-order valence-electron chi connectivity index (χ4n) is 2.12. The molecule has 0 aliphatic carbocycles. The predicted octanol–water partition coefficient (Wildman–Crippen LogP) is 4.25. The summed E-state index contributed by atoms with van der Waals surface area (Å²) in [6.45, 7) is 6.66. The summed E-state index contributed by atoms with van der Waals surface area (Å²) in [4.78, 5) is 0. The van der Waals surface area contributed by atoms with Gasteiger partial charge in [0.05, 0.1) is 0 Å². The van der Waals surface area contributed by atoms with Crippen molar-refractivity contribution in [2.24, 2.45) is 0 Å². The van der Waals surface area contributed by atoms with Gasteiger partial charge in [-0.3, -0.25) is 0 Å². The van der Waals surface area contributed by atoms with E-state index < -0.39 is 0 Å². The molecule has 0 aliphatic rings. The molecule has 0 saturated heterocycles. The van der Waals surface area contributed by atoms with Gasteiger partial charge in [0.2, 0.25) is 0 Å². The Balaban J connectivity index is 4.24. The molecule has 0 spiro atoms. The van der Waals surface area contributed by atoms with Crippen LogP contribution in [-0.2, 0) is 0 Å². The van der Waals surface area contributed by atoms with Crippen molar-refractivity contribution in [3.8, 4) is 0 Å². The van der Waals surface area contributed by atoms with Crippen molar-refractivity contribution in [2.45, 2.75) is 88.1 Å². The normalized spacial score (nSPS) is 14.1. The molecule has 0 fully saturated rings. The summed E-state index contributed by atoms with van der Waals surface area (Å²) in [5, 5.41) is 10.8. The molecule has 95 valence electrons. The molecule has 2 heteroatoms. The van der Waals surface area contributed by atoms with Gasteiger partial charge >= 0.3 is 116 Å². The van der Waals surface area contributed by atoms with Crippen molar-refractivity contribution in [1.82, 2.24) is 0 Å². The Morgan fingerprint density at radius 1 is 0.938 bits per heavy atom. The first-order valence-electron chi connectivity index (χ1n) is 7.04. The van der Waals surface area contributed by atoms with E-state index in [0.717, 1.165) is 12.8 Å². The maximum absolute atomic E-state index is 10.8. The van der Waals surface area contributed by atoms with E-state index in [1.54, 1.807) is 0 Å². The molecule has 0 aromatic carbocycles. The van der Waals surface area contributed by atoms with E-state index in [1.165, 1.54) is 67.5 Å². The van der Waals surface area contributed by atoms with Crippen LogP contribution in [0.2, 0.25) is 3.93 Å². The van der Waals surface area contributed by atoms with Gasteiger partial charge in [-0.05, 0) is 0 Å². The molecule has 0 amide bonds. The Hall–Kier alpha value is 0.759. The molecule has 3 radical (unpaired) electrons. The predicted molar refractivity (Wildman–Crippen MR) is 73.0 cm³/mol. The number of aliphatic hydroxyl groups is 1. The van der Waals surface area contributed by atoms with Crippen molar-refractivity contribution in [3.63, 3.8) is 0 Å². The minimum atomic E-state index is -0.348. The third kappa shape index (κ3) is 6.48. The van der Waals surface area contributed by atoms with E-state index in [0.29, 0.717) is 3.93 Å². The molecule has 0 heterocycles. The van der Waals surface area contributed by atoms with Crippen LogP contribution in [0.15, 0.2) is 0 Å². The third-order valence-corrected chi connectivity index (χ3v) is 5.78. The van der Waals surface area contributed by atoms with Crippen LogP contribution in [0.1, 0.15) is 78.6 Å². The quantitative estimate of drug-likeness (QED) is 0.593. The summed E-state index contributed by atoms with van der Waals surface area (Å²) in [6, 6.07) is 0. The molecule has 1 unspecified atom stereocenters. The molecule has 1 N–H and O–H groups in total. The van der Waals surface area contributed by atoms with Crippen LogP contribution < -0.4 is 0 Å². The molecule has 1 nitrogen and oxygen atoms in total. The zero-order valence-corrected chi connectivity index (χ0v) is 14.2. The average Bonchev–Trinajstić information content (AvgIpc) is 2.30. The summed E-state index contributed by atoms with van der Waals surface area (Å²) in [7, 11) is 0. The van der Waals surface area contributed by atoms with Crippen LogP contribution in [0.25, 0.3) is 0 Å². The van der Waals surface area contributed by atoms with E-state index in [4.69, 9.17) is 0 Å². The van der Waals surface area contributed by atoms with Crippen LogP contribution in [-0.4, -0.2) is 33.2 Å². The van der Waals surface area contributed by atoms with E-state index in [1.807, 2.05) is 0 Å². The molecule has 1 atom stereocenters. The zero-order valence-electron chi connectivity index (χ0n) is 11.4. The average molecular weight is 332 g/mol. The monoisotopic (exact) mass is 333 g/mol. The fourth-order valence-corrected chi connectivity index (χ4v) is 3.52. The van der Waals surface area contributed by atoms with Crippen LogP contribution in [0, 0.1) is 0 Å². The van der Waals surface area contributed by atoms with E-state index in [-0.39, 0.29) is 5.60 Å². The topological polar surface area (TPSA) is 20.2 Å². The Morgan fingerprint density at radius 3 is 1.75 bits per heavy atom. The van der Waals surface area contributed by atoms with Crippen LogP contribution in [0.5, 0.6) is 0 Å². The molecule has 16 heavy (non-hydrogen) atoms. The van der Waals surface area contributed by atoms with E-state index in [2.05, 4.69) is 20.8 Å². The maximum atomic E-state index is 10.8. The number of hydrogen-bond acceptors (Lipinski definition) is 1. The van der Waals surface area contributed by atoms with Crippen LogP contribution in [0.4, 0.5) is 0 Å². The van der Waals surface area contributed by atoms with Crippen molar-refractivity contribution in [3.05, 3.63) is 0 Å². The second kappa shape index (κ2) is 9.75. The summed E-state index contributed by atoms with van der Waals surface area (Å²) in [5.41, 5.74) is -0.348. The fraction of sp³-hybridized carbons (Fsp3) is 1.00. The van der Waals surface area contributed by atoms with Gasteiger partial charge in [0.25, 0.3) is 0 Å². The van der Waals surface area contributed by atoms with Gasteiger partial charge in [0.1, 0.15) is 0 Å². The van der Waals surface area contributed by atoms with Gasteiger partial charge in [-0.25, -0.2) is 0 Å².